The van der Waals surface area contributed by atoms with Gasteiger partial charge in [-0.3, -0.25) is 29.7 Å². The molecule has 0 bridgehead atoms. The first-order chi connectivity index (χ1) is 27.7. The summed E-state index contributed by atoms with van der Waals surface area (Å²) in [5.41, 5.74) is -2.80. The molecule has 2 aromatic rings. The monoisotopic (exact) mass is 844 g/mol. The molecule has 0 aliphatic carbocycles. The first kappa shape index (κ1) is 46.3. The third-order valence-electron chi connectivity index (χ3n) is 8.19. The third kappa shape index (κ3) is 13.9. The minimum absolute atomic E-state index is 0.0982. The van der Waals surface area contributed by atoms with Crippen molar-refractivity contribution >= 4 is 52.4 Å². The zero-order valence-corrected chi connectivity index (χ0v) is 36.1. The van der Waals surface area contributed by atoms with E-state index in [-0.39, 0.29) is 28.9 Å². The third-order valence-corrected chi connectivity index (χ3v) is 9.15. The summed E-state index contributed by atoms with van der Waals surface area (Å²) in [6, 6.07) is 0.330. The highest BCUT2D eigenvalue weighted by atomic mass is 32.2. The molecule has 0 aromatic carbocycles. The summed E-state index contributed by atoms with van der Waals surface area (Å²) >= 11 is 1.13. The number of carbonyl (C=O) groups excluding carboxylic acids is 5. The van der Waals surface area contributed by atoms with E-state index in [0.29, 0.717) is 36.1 Å². The zero-order valence-electron chi connectivity index (χ0n) is 35.3. The van der Waals surface area contributed by atoms with E-state index in [9.17, 15) is 24.0 Å². The highest BCUT2D eigenvalue weighted by Crippen LogP contribution is 2.31. The van der Waals surface area contributed by atoms with Crippen molar-refractivity contribution in [3.63, 3.8) is 0 Å². The molecule has 1 unspecified atom stereocenters. The highest BCUT2D eigenvalue weighted by Gasteiger charge is 2.43. The second-order valence-corrected chi connectivity index (χ2v) is 17.2. The van der Waals surface area contributed by atoms with Gasteiger partial charge in [-0.1, -0.05) is 48.8 Å². The molecule has 324 valence electrons. The van der Waals surface area contributed by atoms with Crippen LogP contribution >= 0.6 is 11.8 Å². The molecular weight excluding hydrogens is 789 g/mol. The fourth-order valence-electron chi connectivity index (χ4n) is 5.05. The molecule has 1 saturated heterocycles. The number of aromatic nitrogens is 2. The van der Waals surface area contributed by atoms with Crippen LogP contribution < -0.4 is 30.7 Å². The number of pyridine rings is 1. The molecule has 20 heteroatoms. The molecule has 4 amide bonds. The Bertz CT molecular complexity index is 1900. The molecule has 4 rings (SSSR count). The van der Waals surface area contributed by atoms with Crippen molar-refractivity contribution in [3.8, 4) is 22.9 Å². The smallest absolute Gasteiger partial charge is 0.413 e. The van der Waals surface area contributed by atoms with Crippen LogP contribution in [0.3, 0.4) is 0 Å². The second kappa shape index (κ2) is 20.0. The molecule has 59 heavy (non-hydrogen) atoms. The van der Waals surface area contributed by atoms with Gasteiger partial charge < -0.3 is 44.3 Å². The number of amides is 4. The molecule has 3 atom stereocenters. The Kier molecular flexibility index (Phi) is 15.7. The lowest BCUT2D eigenvalue weighted by Gasteiger charge is -2.37. The van der Waals surface area contributed by atoms with E-state index < -0.39 is 64.7 Å². The van der Waals surface area contributed by atoms with Crippen molar-refractivity contribution in [1.29, 1.82) is 0 Å². The van der Waals surface area contributed by atoms with Crippen LogP contribution in [0.25, 0.3) is 11.4 Å². The van der Waals surface area contributed by atoms with E-state index in [0.717, 1.165) is 37.4 Å². The molecule has 0 saturated carbocycles. The van der Waals surface area contributed by atoms with Gasteiger partial charge in [0.1, 0.15) is 29.0 Å². The van der Waals surface area contributed by atoms with Crippen LogP contribution in [0.2, 0.25) is 0 Å². The Morgan fingerprint density at radius 1 is 0.932 bits per heavy atom. The molecule has 2 aromatic heterocycles. The minimum Gasteiger partial charge on any atom is -0.490 e. The highest BCUT2D eigenvalue weighted by molar-refractivity contribution is 8.14. The normalized spacial score (nSPS) is 18.1. The number of alkyl carbamates (subject to hydrolysis) is 1. The summed E-state index contributed by atoms with van der Waals surface area (Å²) in [5.74, 6) is -1.66. The van der Waals surface area contributed by atoms with Gasteiger partial charge in [-0.05, 0) is 68.2 Å². The van der Waals surface area contributed by atoms with E-state index in [4.69, 9.17) is 28.3 Å². The van der Waals surface area contributed by atoms with Crippen LogP contribution in [0.1, 0.15) is 105 Å². The number of aliphatic imine (C=N–C) groups is 1. The number of carbonyl (C=O) groups is 5. The largest absolute Gasteiger partial charge is 0.490 e. The standard InChI is InChI=1S/C39H56N8O11S/c1-11-13-15-53-26-17-22(40-20-28(26)54-16-14-12-2)23-18-27(57-46-23)31(48)41-19-24-29(32(49)42-24)44-33(50)30(47-58-39(9,10)34(51)55-37(3,4)5)25-21-59-35(43-25)45-36(52)56-38(6,7)8/h17-18,20,24-25,29H,11-16,19,21H2,1-10H3,(H,41,48)(H,42,49)(H,44,50)(H,43,45,52)/b47-30-/t24-,25?,29+/m1/s1. The number of hydrogen-bond donors (Lipinski definition) is 4. The number of esters is 1. The Morgan fingerprint density at radius 2 is 1.59 bits per heavy atom. The Morgan fingerprint density at radius 3 is 2.22 bits per heavy atom. The maximum absolute atomic E-state index is 13.8. The van der Waals surface area contributed by atoms with Gasteiger partial charge >= 0.3 is 12.1 Å². The Labute approximate surface area is 347 Å². The maximum Gasteiger partial charge on any atom is 0.413 e. The number of thioether (sulfide) groups is 1. The fourth-order valence-corrected chi connectivity index (χ4v) is 5.96. The maximum atomic E-state index is 13.8. The number of β-lactam (4-membered cyclic amide) rings is 1. The average molecular weight is 845 g/mol. The first-order valence-corrected chi connectivity index (χ1v) is 20.5. The van der Waals surface area contributed by atoms with Gasteiger partial charge in [-0.25, -0.2) is 9.59 Å². The predicted molar refractivity (Wildman–Crippen MR) is 218 cm³/mol. The summed E-state index contributed by atoms with van der Waals surface area (Å²) < 4.78 is 27.9. The van der Waals surface area contributed by atoms with Crippen molar-refractivity contribution in [1.82, 2.24) is 31.4 Å². The van der Waals surface area contributed by atoms with E-state index in [1.807, 2.05) is 0 Å². The first-order valence-electron chi connectivity index (χ1n) is 19.5. The van der Waals surface area contributed by atoms with E-state index >= 15 is 0 Å². The van der Waals surface area contributed by atoms with Gasteiger partial charge in [0.15, 0.2) is 22.4 Å². The average Bonchev–Trinajstić information content (AvgIpc) is 3.82. The fraction of sp³-hybridized carbons (Fsp3) is 0.615. The van der Waals surface area contributed by atoms with Crippen LogP contribution in [0, 0.1) is 0 Å². The summed E-state index contributed by atoms with van der Waals surface area (Å²) in [7, 11) is 0. The van der Waals surface area contributed by atoms with E-state index in [1.54, 1.807) is 53.8 Å². The quantitative estimate of drug-likeness (QED) is 0.0538. The SMILES string of the molecule is CCCCOc1cnc(-c2cc(C(=O)NC[C@H]3NC(=O)[C@H]3NC(=O)/C(=N\OC(C)(C)C(=O)OC(C)(C)C)C3CSC(NC(=O)OC(C)(C)C)=N3)on2)cc1OCCCC. The lowest BCUT2D eigenvalue weighted by atomic mass is 9.98. The number of nitrogens with one attached hydrogen (secondary N) is 4. The summed E-state index contributed by atoms with van der Waals surface area (Å²) in [4.78, 5) is 79.4. The van der Waals surface area contributed by atoms with Gasteiger partial charge in [0.25, 0.3) is 11.8 Å². The number of hydrogen-bond acceptors (Lipinski definition) is 16. The number of oxime groups is 1. The molecule has 1 fully saturated rings. The predicted octanol–water partition coefficient (Wildman–Crippen LogP) is 4.30. The number of nitrogens with zero attached hydrogens (tertiary/aromatic N) is 4. The number of unbranched alkanes of at least 4 members (excludes halogenated alkanes) is 2. The molecule has 2 aliphatic heterocycles. The van der Waals surface area contributed by atoms with Gasteiger partial charge in [0.05, 0.1) is 31.1 Å². The molecule has 0 spiro atoms. The van der Waals surface area contributed by atoms with Crippen LogP contribution in [0.5, 0.6) is 11.5 Å². The van der Waals surface area contributed by atoms with Crippen LogP contribution in [-0.4, -0.2) is 111 Å². The van der Waals surface area contributed by atoms with Gasteiger partial charge in [-0.2, -0.15) is 0 Å². The Hall–Kier alpha value is -5.40. The number of amidine groups is 1. The zero-order chi connectivity index (χ0) is 43.5. The number of ether oxygens (including phenoxy) is 4. The van der Waals surface area contributed by atoms with Gasteiger partial charge in [-0.15, -0.1) is 0 Å². The summed E-state index contributed by atoms with van der Waals surface area (Å²) in [6.45, 7) is 18.1. The van der Waals surface area contributed by atoms with Crippen LogP contribution in [0.4, 0.5) is 4.79 Å². The summed E-state index contributed by atoms with van der Waals surface area (Å²) in [6.07, 6.45) is 4.47. The molecule has 0 radical (unpaired) electrons. The van der Waals surface area contributed by atoms with Crippen molar-refractivity contribution in [2.24, 2.45) is 10.1 Å². The van der Waals surface area contributed by atoms with Gasteiger partial charge in [0.2, 0.25) is 17.3 Å². The van der Waals surface area contributed by atoms with Crippen molar-refractivity contribution in [2.45, 2.75) is 130 Å². The Balaban J connectivity index is 1.44. The lowest BCUT2D eigenvalue weighted by Crippen LogP contribution is -2.72. The molecule has 4 N–H and O–H groups in total. The molecule has 19 nitrogen and oxygen atoms in total. The lowest BCUT2D eigenvalue weighted by molar-refractivity contribution is -0.179. The van der Waals surface area contributed by atoms with E-state index in [2.05, 4.69) is 55.4 Å². The summed E-state index contributed by atoms with van der Waals surface area (Å²) in [5, 5.41) is 18.8. The van der Waals surface area contributed by atoms with E-state index in [1.165, 1.54) is 19.9 Å². The topological polar surface area (TPSA) is 243 Å². The number of rotatable bonds is 18. The van der Waals surface area contributed by atoms with Crippen LogP contribution in [0.15, 0.2) is 33.0 Å². The van der Waals surface area contributed by atoms with Gasteiger partial charge in [0, 0.05) is 24.4 Å². The second-order valence-electron chi connectivity index (χ2n) is 16.2. The van der Waals surface area contributed by atoms with Crippen molar-refractivity contribution < 1.29 is 52.3 Å². The molecule has 2 aliphatic rings. The van der Waals surface area contributed by atoms with Crippen molar-refractivity contribution in [2.75, 3.05) is 25.5 Å². The van der Waals surface area contributed by atoms with Crippen molar-refractivity contribution in [3.05, 3.63) is 24.1 Å². The minimum atomic E-state index is -1.63. The molecule has 4 heterocycles. The van der Waals surface area contributed by atoms with Crippen LogP contribution in [-0.2, 0) is 28.7 Å². The molecular formula is C39H56N8O11S.